The number of ether oxygens (including phenoxy) is 1. The monoisotopic (exact) mass is 214 g/mol. The Hall–Kier alpha value is -0.780. The molecule has 0 aliphatic rings. The molecule has 2 atom stereocenters. The van der Waals surface area contributed by atoms with Gasteiger partial charge >= 0.3 is 12.1 Å². The average Bonchev–Trinajstić information content (AvgIpc) is 1.99. The zero-order valence-electron chi connectivity index (χ0n) is 7.97. The Morgan fingerprint density at radius 2 is 1.93 bits per heavy atom. The van der Waals surface area contributed by atoms with Crippen LogP contribution in [0.5, 0.6) is 0 Å². The van der Waals surface area contributed by atoms with Gasteiger partial charge in [0, 0.05) is 6.42 Å². The molecule has 2 unspecified atom stereocenters. The van der Waals surface area contributed by atoms with Crippen LogP contribution in [0.15, 0.2) is 0 Å². The fraction of sp³-hybridized carbons (Fsp3) is 0.875. The minimum atomic E-state index is -4.39. The molecule has 0 aromatic heterocycles. The smallest absolute Gasteiger partial charge is 0.414 e. The molecule has 0 saturated carbocycles. The molecule has 0 rings (SSSR count). The third-order valence-corrected chi connectivity index (χ3v) is 1.66. The summed E-state index contributed by atoms with van der Waals surface area (Å²) in [5.74, 6) is -1.04. The van der Waals surface area contributed by atoms with Crippen LogP contribution < -0.4 is 0 Å². The lowest BCUT2D eigenvalue weighted by molar-refractivity contribution is -0.225. The Morgan fingerprint density at radius 3 is 2.29 bits per heavy atom. The van der Waals surface area contributed by atoms with Crippen molar-refractivity contribution in [2.75, 3.05) is 0 Å². The number of carboxylic acids is 1. The predicted octanol–water partition coefficient (Wildman–Crippen LogP) is 2.21. The van der Waals surface area contributed by atoms with Crippen LogP contribution in [0.3, 0.4) is 0 Å². The molecule has 0 aromatic rings. The molecule has 0 amide bonds. The Morgan fingerprint density at radius 1 is 1.43 bits per heavy atom. The minimum Gasteiger partial charge on any atom is -0.481 e. The van der Waals surface area contributed by atoms with Gasteiger partial charge in [-0.15, -0.1) is 0 Å². The van der Waals surface area contributed by atoms with E-state index in [-0.39, 0.29) is 12.8 Å². The first-order valence-electron chi connectivity index (χ1n) is 4.17. The molecular formula is C8H13F3O3. The van der Waals surface area contributed by atoms with Crippen LogP contribution in [-0.2, 0) is 9.53 Å². The number of rotatable bonds is 5. The Kier molecular flexibility index (Phi) is 4.90. The lowest BCUT2D eigenvalue weighted by Crippen LogP contribution is -2.31. The number of carbonyl (C=O) groups is 1. The predicted molar refractivity (Wildman–Crippen MR) is 42.9 cm³/mol. The number of aliphatic carboxylic acids is 1. The SMILES string of the molecule is CC(CCC(=O)O)OC(C)C(F)(F)F. The molecule has 3 nitrogen and oxygen atoms in total. The van der Waals surface area contributed by atoms with Gasteiger partial charge in [-0.25, -0.2) is 0 Å². The first-order valence-corrected chi connectivity index (χ1v) is 4.17. The van der Waals surface area contributed by atoms with Gasteiger partial charge in [0.2, 0.25) is 0 Å². The lowest BCUT2D eigenvalue weighted by atomic mass is 10.2. The Balaban J connectivity index is 3.82. The van der Waals surface area contributed by atoms with Crippen molar-refractivity contribution in [3.05, 3.63) is 0 Å². The van der Waals surface area contributed by atoms with Crippen LogP contribution in [-0.4, -0.2) is 29.5 Å². The van der Waals surface area contributed by atoms with Crippen LogP contribution in [0.2, 0.25) is 0 Å². The molecule has 0 aromatic carbocycles. The molecule has 6 heteroatoms. The summed E-state index contributed by atoms with van der Waals surface area (Å²) in [6.45, 7) is 2.32. The van der Waals surface area contributed by atoms with Crippen molar-refractivity contribution >= 4 is 5.97 Å². The Labute approximate surface area is 79.9 Å². The van der Waals surface area contributed by atoms with Gasteiger partial charge in [-0.2, -0.15) is 13.2 Å². The van der Waals surface area contributed by atoms with E-state index in [0.29, 0.717) is 0 Å². The van der Waals surface area contributed by atoms with Crippen molar-refractivity contribution < 1.29 is 27.8 Å². The number of carboxylic acid groups (broad SMARTS) is 1. The van der Waals surface area contributed by atoms with Crippen molar-refractivity contribution in [3.8, 4) is 0 Å². The van der Waals surface area contributed by atoms with Crippen molar-refractivity contribution in [3.63, 3.8) is 0 Å². The number of hydrogen-bond acceptors (Lipinski definition) is 2. The second kappa shape index (κ2) is 5.19. The molecule has 0 aliphatic carbocycles. The van der Waals surface area contributed by atoms with Crippen LogP contribution in [0.25, 0.3) is 0 Å². The number of hydrogen-bond donors (Lipinski definition) is 1. The van der Waals surface area contributed by atoms with Crippen molar-refractivity contribution in [1.29, 1.82) is 0 Å². The molecule has 0 bridgehead atoms. The summed E-state index contributed by atoms with van der Waals surface area (Å²) in [6, 6.07) is 0. The highest BCUT2D eigenvalue weighted by Crippen LogP contribution is 2.24. The van der Waals surface area contributed by atoms with E-state index in [2.05, 4.69) is 4.74 Å². The largest absolute Gasteiger partial charge is 0.481 e. The number of alkyl halides is 3. The first-order chi connectivity index (χ1) is 6.23. The van der Waals surface area contributed by atoms with Gasteiger partial charge < -0.3 is 9.84 Å². The summed E-state index contributed by atoms with van der Waals surface area (Å²) in [5.41, 5.74) is 0. The zero-order chi connectivity index (χ0) is 11.4. The first kappa shape index (κ1) is 13.2. The van der Waals surface area contributed by atoms with E-state index in [0.717, 1.165) is 6.92 Å². The maximum Gasteiger partial charge on any atom is 0.414 e. The quantitative estimate of drug-likeness (QED) is 0.763. The zero-order valence-corrected chi connectivity index (χ0v) is 7.97. The second-order valence-corrected chi connectivity index (χ2v) is 3.06. The van der Waals surface area contributed by atoms with Crippen LogP contribution in [0, 0.1) is 0 Å². The van der Waals surface area contributed by atoms with Gasteiger partial charge in [0.05, 0.1) is 6.10 Å². The summed E-state index contributed by atoms with van der Waals surface area (Å²) >= 11 is 0. The molecule has 84 valence electrons. The summed E-state index contributed by atoms with van der Waals surface area (Å²) < 4.78 is 40.5. The van der Waals surface area contributed by atoms with Gasteiger partial charge in [0.1, 0.15) is 0 Å². The summed E-state index contributed by atoms with van der Waals surface area (Å²) in [5, 5.41) is 8.28. The molecule has 0 heterocycles. The van der Waals surface area contributed by atoms with E-state index in [1.165, 1.54) is 6.92 Å². The maximum absolute atomic E-state index is 12.0. The van der Waals surface area contributed by atoms with E-state index in [1.807, 2.05) is 0 Å². The third-order valence-electron chi connectivity index (χ3n) is 1.66. The van der Waals surface area contributed by atoms with Gasteiger partial charge in [0.25, 0.3) is 0 Å². The summed E-state index contributed by atoms with van der Waals surface area (Å²) in [7, 11) is 0. The van der Waals surface area contributed by atoms with E-state index in [9.17, 15) is 18.0 Å². The van der Waals surface area contributed by atoms with Gasteiger partial charge in [-0.05, 0) is 20.3 Å². The van der Waals surface area contributed by atoms with Gasteiger partial charge in [-0.1, -0.05) is 0 Å². The highest BCUT2D eigenvalue weighted by atomic mass is 19.4. The fourth-order valence-electron chi connectivity index (χ4n) is 0.820. The second-order valence-electron chi connectivity index (χ2n) is 3.06. The fourth-order valence-corrected chi connectivity index (χ4v) is 0.820. The molecular weight excluding hydrogens is 201 g/mol. The van der Waals surface area contributed by atoms with Crippen LogP contribution in [0.4, 0.5) is 13.2 Å². The molecule has 0 aliphatic heterocycles. The molecule has 0 saturated heterocycles. The lowest BCUT2D eigenvalue weighted by Gasteiger charge is -2.20. The van der Waals surface area contributed by atoms with E-state index < -0.39 is 24.4 Å². The molecule has 14 heavy (non-hydrogen) atoms. The molecule has 0 fully saturated rings. The number of halogens is 3. The normalized spacial score (nSPS) is 16.4. The van der Waals surface area contributed by atoms with Crippen LogP contribution >= 0.6 is 0 Å². The average molecular weight is 214 g/mol. The van der Waals surface area contributed by atoms with E-state index >= 15 is 0 Å². The maximum atomic E-state index is 12.0. The van der Waals surface area contributed by atoms with Crippen molar-refractivity contribution in [1.82, 2.24) is 0 Å². The van der Waals surface area contributed by atoms with Crippen molar-refractivity contribution in [2.45, 2.75) is 45.1 Å². The highest BCUT2D eigenvalue weighted by molar-refractivity contribution is 5.66. The van der Waals surface area contributed by atoms with Crippen molar-refractivity contribution in [2.24, 2.45) is 0 Å². The molecule has 1 N–H and O–H groups in total. The van der Waals surface area contributed by atoms with Crippen LogP contribution in [0.1, 0.15) is 26.7 Å². The highest BCUT2D eigenvalue weighted by Gasteiger charge is 2.37. The summed E-state index contributed by atoms with van der Waals surface area (Å²) in [6.07, 6.45) is -7.06. The topological polar surface area (TPSA) is 46.5 Å². The molecule has 0 radical (unpaired) electrons. The summed E-state index contributed by atoms with van der Waals surface area (Å²) in [4.78, 5) is 10.1. The minimum absolute atomic E-state index is 0.0791. The van der Waals surface area contributed by atoms with E-state index in [1.54, 1.807) is 0 Å². The molecule has 0 spiro atoms. The Bertz CT molecular complexity index is 191. The van der Waals surface area contributed by atoms with Gasteiger partial charge in [0.15, 0.2) is 6.10 Å². The van der Waals surface area contributed by atoms with Gasteiger partial charge in [-0.3, -0.25) is 4.79 Å². The third kappa shape index (κ3) is 5.80. The standard InChI is InChI=1S/C8H13F3O3/c1-5(3-4-7(12)13)14-6(2)8(9,10)11/h5-6H,3-4H2,1-2H3,(H,12,13). The van der Waals surface area contributed by atoms with E-state index in [4.69, 9.17) is 5.11 Å².